The van der Waals surface area contributed by atoms with Crippen molar-refractivity contribution in [2.75, 3.05) is 132 Å². The molecule has 8 heterocycles. The highest BCUT2D eigenvalue weighted by atomic mass is 16.5. The van der Waals surface area contributed by atoms with Crippen LogP contribution in [-0.2, 0) is 35.5 Å². The maximum absolute atomic E-state index is 12.5. The Morgan fingerprint density at radius 1 is 0.628 bits per heavy atom. The Morgan fingerprint density at radius 3 is 1.72 bits per heavy atom. The van der Waals surface area contributed by atoms with Crippen LogP contribution in [0.3, 0.4) is 0 Å². The van der Waals surface area contributed by atoms with Crippen LogP contribution in [0.1, 0.15) is 35.4 Å². The Bertz CT molecular complexity index is 3250. The summed E-state index contributed by atoms with van der Waals surface area (Å²) in [5.74, 6) is 3.14. The molecular formula is C60H70N12O6. The van der Waals surface area contributed by atoms with Crippen LogP contribution in [0.25, 0.3) is 21.5 Å². The predicted octanol–water partition coefficient (Wildman–Crippen LogP) is 5.93. The van der Waals surface area contributed by atoms with Gasteiger partial charge < -0.3 is 53.6 Å². The lowest BCUT2D eigenvalue weighted by molar-refractivity contribution is -0.127. The topological polar surface area (TPSA) is 160 Å². The first-order valence-corrected chi connectivity index (χ1v) is 27.7. The Balaban J connectivity index is 0.763. The molecule has 0 bridgehead atoms. The molecular weight excluding hydrogens is 985 g/mol. The smallest absolute Gasteiger partial charge is 0.318 e. The standard InChI is InChI=1S/C60H70N12O6/c1-5-55(74)67-21-25-69(26-22-67)57-50-17-20-72(37-52(50)61-59(63-57)76-38-40-15-18-65(3)34-40)54-33-45(30-42-12-8-10-14-48(42)54)78-46-31-43(66(4)35-46)39-77-60-62-51-36-71(53-32-44(73)29-41-11-7-9-13-47(41)53)19-16-49(51)58(64-60)70-27-23-68(24-28-70)56(75)6-2/h5-14,29-30,32-33,40,43,46,73H,1-2,15-28,31,34-39H2,3-4H3/t40-,43?,46?/m0/s1. The summed E-state index contributed by atoms with van der Waals surface area (Å²) in [5.41, 5.74) is 6.15. The first kappa shape index (κ1) is 51.1. The van der Waals surface area contributed by atoms with Gasteiger partial charge in [-0.15, -0.1) is 0 Å². The minimum Gasteiger partial charge on any atom is -0.508 e. The average molecular weight is 1060 g/mol. The van der Waals surface area contributed by atoms with Crippen LogP contribution in [-0.4, -0.2) is 181 Å². The molecule has 78 heavy (non-hydrogen) atoms. The van der Waals surface area contributed by atoms with E-state index in [2.05, 4.69) is 99.1 Å². The number of piperazine rings is 2. The van der Waals surface area contributed by atoms with E-state index in [9.17, 15) is 14.7 Å². The number of likely N-dealkylation sites (tertiary alicyclic amines) is 2. The highest BCUT2D eigenvalue weighted by Crippen LogP contribution is 2.40. The first-order chi connectivity index (χ1) is 38.0. The molecule has 4 aromatic carbocycles. The Hall–Kier alpha value is -7.70. The van der Waals surface area contributed by atoms with Crippen molar-refractivity contribution < 1.29 is 28.9 Å². The van der Waals surface area contributed by atoms with E-state index in [1.807, 2.05) is 34.1 Å². The van der Waals surface area contributed by atoms with Crippen LogP contribution in [0.15, 0.2) is 98.1 Å². The summed E-state index contributed by atoms with van der Waals surface area (Å²) in [4.78, 5) is 63.1. The number of amides is 2. The quantitative estimate of drug-likeness (QED) is 0.128. The number of aromatic hydroxyl groups is 1. The zero-order valence-electron chi connectivity index (χ0n) is 44.9. The average Bonchev–Trinajstić information content (AvgIpc) is 4.11. The Kier molecular flexibility index (Phi) is 14.4. The number of nitrogens with zero attached hydrogens (tertiary/aromatic N) is 12. The number of phenolic OH excluding ortho intramolecular Hbond substituents is 1. The van der Waals surface area contributed by atoms with Gasteiger partial charge in [0.05, 0.1) is 31.1 Å². The second kappa shape index (κ2) is 22.0. The van der Waals surface area contributed by atoms with Gasteiger partial charge in [0.2, 0.25) is 11.8 Å². The molecule has 1 N–H and O–H groups in total. The van der Waals surface area contributed by atoms with Crippen molar-refractivity contribution in [3.8, 4) is 23.5 Å². The second-order valence-corrected chi connectivity index (χ2v) is 21.8. The van der Waals surface area contributed by atoms with Gasteiger partial charge in [-0.05, 0) is 75.0 Å². The number of ether oxygens (including phenoxy) is 3. The lowest BCUT2D eigenvalue weighted by Crippen LogP contribution is -2.49. The molecule has 0 radical (unpaired) electrons. The molecule has 6 aliphatic heterocycles. The van der Waals surface area contributed by atoms with Gasteiger partial charge in [-0.3, -0.25) is 14.5 Å². The molecule has 4 saturated heterocycles. The van der Waals surface area contributed by atoms with Gasteiger partial charge >= 0.3 is 12.0 Å². The molecule has 0 aliphatic carbocycles. The van der Waals surface area contributed by atoms with Gasteiger partial charge in [0.15, 0.2) is 0 Å². The maximum atomic E-state index is 12.5. The van der Waals surface area contributed by atoms with Crippen LogP contribution in [0, 0.1) is 5.92 Å². The van der Waals surface area contributed by atoms with Crippen molar-refractivity contribution in [1.29, 1.82) is 0 Å². The van der Waals surface area contributed by atoms with Crippen LogP contribution < -0.4 is 33.8 Å². The van der Waals surface area contributed by atoms with Crippen LogP contribution in [0.4, 0.5) is 23.0 Å². The van der Waals surface area contributed by atoms with Gasteiger partial charge in [-0.25, -0.2) is 0 Å². The number of phenols is 1. The van der Waals surface area contributed by atoms with E-state index in [4.69, 9.17) is 34.1 Å². The molecule has 6 aliphatic rings. The minimum atomic E-state index is -0.0863. The van der Waals surface area contributed by atoms with E-state index >= 15 is 0 Å². The number of carbonyl (C=O) groups is 2. The summed E-state index contributed by atoms with van der Waals surface area (Å²) in [6, 6.07) is 25.5. The number of carbonyl (C=O) groups excluding carboxylic acids is 2. The predicted molar refractivity (Wildman–Crippen MR) is 303 cm³/mol. The van der Waals surface area contributed by atoms with E-state index in [0.717, 1.165) is 131 Å². The van der Waals surface area contributed by atoms with Gasteiger partial charge in [-0.2, -0.15) is 19.9 Å². The fourth-order valence-electron chi connectivity index (χ4n) is 12.5. The first-order valence-electron chi connectivity index (χ1n) is 27.7. The van der Waals surface area contributed by atoms with Gasteiger partial charge in [0.1, 0.15) is 35.8 Å². The number of hydrogen-bond donors (Lipinski definition) is 1. The molecule has 2 aromatic heterocycles. The third-order valence-electron chi connectivity index (χ3n) is 16.8. The van der Waals surface area contributed by atoms with Crippen molar-refractivity contribution in [2.45, 2.75) is 50.9 Å². The summed E-state index contributed by atoms with van der Waals surface area (Å²) in [7, 11) is 4.28. The van der Waals surface area contributed by atoms with Crippen molar-refractivity contribution in [2.24, 2.45) is 5.92 Å². The fraction of sp³-hybridized carbons (Fsp3) is 0.433. The summed E-state index contributed by atoms with van der Waals surface area (Å²) in [6.45, 7) is 18.7. The lowest BCUT2D eigenvalue weighted by Gasteiger charge is -2.38. The fourth-order valence-corrected chi connectivity index (χ4v) is 12.5. The molecule has 12 rings (SSSR count). The molecule has 4 fully saturated rings. The van der Waals surface area contributed by atoms with Gasteiger partial charge in [0, 0.05) is 142 Å². The number of likely N-dealkylation sites (N-methyl/N-ethyl adjacent to an activating group) is 1. The Labute approximate surface area is 456 Å². The second-order valence-electron chi connectivity index (χ2n) is 21.8. The number of hydrogen-bond acceptors (Lipinski definition) is 16. The molecule has 406 valence electrons. The molecule has 2 unspecified atom stereocenters. The van der Waals surface area contributed by atoms with Crippen molar-refractivity contribution >= 4 is 56.4 Å². The minimum absolute atomic E-state index is 0.0416. The molecule has 18 nitrogen and oxygen atoms in total. The number of rotatable bonds is 14. The summed E-state index contributed by atoms with van der Waals surface area (Å²) < 4.78 is 20.0. The number of benzene rings is 4. The molecule has 2 amide bonds. The zero-order valence-corrected chi connectivity index (χ0v) is 44.9. The SMILES string of the molecule is C=CC(=O)N1CCN(c2nc(OCC3CC(Oc4cc(N5CCc6c(nc(OC[C@H]7CCN(C)C7)nc6N6CCN(C(=O)C=C)CC6)C5)c5ccccc5c4)CN3C)nc3c2CCN(c2cc(O)cc4ccccc24)C3)CC1. The van der Waals surface area contributed by atoms with E-state index in [1.165, 1.54) is 12.2 Å². The highest BCUT2D eigenvalue weighted by Gasteiger charge is 2.35. The van der Waals surface area contributed by atoms with Crippen molar-refractivity contribution in [1.82, 2.24) is 39.5 Å². The number of fused-ring (bicyclic) bond motifs is 4. The van der Waals surface area contributed by atoms with Crippen LogP contribution in [0.5, 0.6) is 23.5 Å². The largest absolute Gasteiger partial charge is 0.508 e. The normalized spacial score (nSPS) is 21.0. The summed E-state index contributed by atoms with van der Waals surface area (Å²) in [5, 5.41) is 15.1. The molecule has 18 heteroatoms. The van der Waals surface area contributed by atoms with Gasteiger partial charge in [0.25, 0.3) is 0 Å². The van der Waals surface area contributed by atoms with E-state index in [-0.39, 0.29) is 29.7 Å². The monoisotopic (exact) mass is 1050 g/mol. The molecule has 3 atom stereocenters. The third kappa shape index (κ3) is 10.5. The summed E-state index contributed by atoms with van der Waals surface area (Å²) >= 11 is 0. The van der Waals surface area contributed by atoms with E-state index in [0.29, 0.717) is 96.6 Å². The highest BCUT2D eigenvalue weighted by molar-refractivity contribution is 5.97. The number of anilines is 4. The van der Waals surface area contributed by atoms with Crippen molar-refractivity contribution in [3.05, 3.63) is 121 Å². The molecule has 0 spiro atoms. The number of aromatic nitrogens is 4. The van der Waals surface area contributed by atoms with E-state index in [1.54, 1.807) is 6.07 Å². The lowest BCUT2D eigenvalue weighted by atomic mass is 10.0. The van der Waals surface area contributed by atoms with Crippen LogP contribution >= 0.6 is 0 Å². The maximum Gasteiger partial charge on any atom is 0.318 e. The molecule has 0 saturated carbocycles. The third-order valence-corrected chi connectivity index (χ3v) is 16.8. The van der Waals surface area contributed by atoms with Gasteiger partial charge in [-0.1, -0.05) is 61.7 Å². The van der Waals surface area contributed by atoms with Crippen molar-refractivity contribution in [3.63, 3.8) is 0 Å². The zero-order chi connectivity index (χ0) is 53.4. The Morgan fingerprint density at radius 2 is 1.17 bits per heavy atom. The summed E-state index contributed by atoms with van der Waals surface area (Å²) in [6.07, 6.45) is 6.01. The molecule has 6 aromatic rings. The van der Waals surface area contributed by atoms with E-state index < -0.39 is 0 Å². The van der Waals surface area contributed by atoms with Crippen LogP contribution in [0.2, 0.25) is 0 Å².